The van der Waals surface area contributed by atoms with E-state index in [0.29, 0.717) is 23.2 Å². The highest BCUT2D eigenvalue weighted by molar-refractivity contribution is 5.82. The second-order valence-electron chi connectivity index (χ2n) is 9.42. The quantitative estimate of drug-likeness (QED) is 0.169. The van der Waals surface area contributed by atoms with Crippen LogP contribution in [0.3, 0.4) is 0 Å². The summed E-state index contributed by atoms with van der Waals surface area (Å²) in [5, 5.41) is 7.85. The van der Waals surface area contributed by atoms with Gasteiger partial charge in [0.1, 0.15) is 36.4 Å². The number of amides is 1. The molecule has 0 aliphatic carbocycles. The van der Waals surface area contributed by atoms with Gasteiger partial charge in [-0.2, -0.15) is 18.2 Å². The number of anilines is 3. The number of rotatable bonds is 12. The molecule has 0 radical (unpaired) electrons. The van der Waals surface area contributed by atoms with Crippen LogP contribution in [0.1, 0.15) is 22.3 Å². The first kappa shape index (κ1) is 31.6. The molecule has 1 aromatic heterocycles. The zero-order valence-corrected chi connectivity index (χ0v) is 23.9. The number of hydrogen-bond donors (Lipinski definition) is 3. The van der Waals surface area contributed by atoms with E-state index in [1.807, 2.05) is 36.4 Å². The van der Waals surface area contributed by atoms with Crippen LogP contribution in [-0.2, 0) is 40.1 Å². The van der Waals surface area contributed by atoms with Gasteiger partial charge in [-0.1, -0.05) is 66.7 Å². The lowest BCUT2D eigenvalue weighted by molar-refractivity contribution is -0.147. The Kier molecular flexibility index (Phi) is 10.6. The van der Waals surface area contributed by atoms with E-state index in [2.05, 4.69) is 25.9 Å². The number of ether oxygens (including phenoxy) is 3. The van der Waals surface area contributed by atoms with E-state index >= 15 is 0 Å². The minimum atomic E-state index is -4.63. The number of esters is 1. The van der Waals surface area contributed by atoms with Crippen molar-refractivity contribution in [1.29, 1.82) is 0 Å². The van der Waals surface area contributed by atoms with Crippen LogP contribution >= 0.6 is 0 Å². The lowest BCUT2D eigenvalue weighted by atomic mass is 10.0. The normalized spacial score (nSPS) is 11.7. The topological polar surface area (TPSA) is 124 Å². The van der Waals surface area contributed by atoms with Gasteiger partial charge < -0.3 is 30.2 Å². The van der Waals surface area contributed by atoms with Crippen LogP contribution in [0.25, 0.3) is 0 Å². The van der Waals surface area contributed by atoms with Crippen LogP contribution < -0.4 is 20.7 Å². The number of carbonyl (C=O) groups is 2. The Morgan fingerprint density at radius 3 is 2.11 bits per heavy atom. The third-order valence-electron chi connectivity index (χ3n) is 6.30. The first-order chi connectivity index (χ1) is 21.2. The number of aromatic nitrogens is 2. The average molecular weight is 610 g/mol. The van der Waals surface area contributed by atoms with Gasteiger partial charge in [-0.3, -0.25) is 0 Å². The van der Waals surface area contributed by atoms with E-state index in [1.165, 1.54) is 14.2 Å². The molecule has 1 heterocycles. The summed E-state index contributed by atoms with van der Waals surface area (Å²) in [6, 6.07) is 21.9. The summed E-state index contributed by atoms with van der Waals surface area (Å²) in [5.74, 6) is -0.879. The third kappa shape index (κ3) is 8.84. The highest BCUT2D eigenvalue weighted by Crippen LogP contribution is 2.34. The summed E-state index contributed by atoms with van der Waals surface area (Å²) in [4.78, 5) is 33.4. The predicted octanol–water partition coefficient (Wildman–Crippen LogP) is 5.87. The Morgan fingerprint density at radius 1 is 0.886 bits per heavy atom. The SMILES string of the molecule is CNc1nc(Nc2ccc(C[C@H](NC(=O)OCc3ccccc3)C(=O)OCc3ccccc3)cc2OC)ncc1C(F)(F)F. The maximum absolute atomic E-state index is 13.2. The van der Waals surface area contributed by atoms with E-state index in [0.717, 1.165) is 11.1 Å². The van der Waals surface area contributed by atoms with Gasteiger partial charge in [0.2, 0.25) is 5.95 Å². The molecule has 1 atom stereocenters. The van der Waals surface area contributed by atoms with E-state index < -0.39 is 35.7 Å². The molecule has 1 amide bonds. The highest BCUT2D eigenvalue weighted by atomic mass is 19.4. The van der Waals surface area contributed by atoms with E-state index in [1.54, 1.807) is 42.5 Å². The lowest BCUT2D eigenvalue weighted by Crippen LogP contribution is -2.43. The summed E-state index contributed by atoms with van der Waals surface area (Å²) < 4.78 is 55.9. The van der Waals surface area contributed by atoms with Gasteiger partial charge in [-0.25, -0.2) is 14.6 Å². The standard InChI is InChI=1S/C31H30F3N5O5/c1-35-27-23(31(32,33)34)17-36-29(39-27)37-24-14-13-22(16-26(24)42-2)15-25(28(40)43-18-20-9-5-3-6-10-20)38-30(41)44-19-21-11-7-4-8-12-21/h3-14,16-17,25H,15,18-19H2,1-2H3,(H,38,41)(H2,35,36,37,39)/t25-/m0/s1. The van der Waals surface area contributed by atoms with Crippen molar-refractivity contribution in [2.24, 2.45) is 0 Å². The molecule has 10 nitrogen and oxygen atoms in total. The molecule has 0 fully saturated rings. The van der Waals surface area contributed by atoms with Gasteiger partial charge in [0, 0.05) is 19.7 Å². The molecule has 0 aliphatic rings. The van der Waals surface area contributed by atoms with E-state index in [4.69, 9.17) is 14.2 Å². The molecule has 13 heteroatoms. The van der Waals surface area contributed by atoms with Crippen molar-refractivity contribution in [2.45, 2.75) is 31.9 Å². The van der Waals surface area contributed by atoms with Crippen LogP contribution in [0.5, 0.6) is 5.75 Å². The van der Waals surface area contributed by atoms with Crippen molar-refractivity contribution in [3.05, 3.63) is 107 Å². The number of nitrogens with zero attached hydrogens (tertiary/aromatic N) is 2. The van der Waals surface area contributed by atoms with Crippen LogP contribution in [0, 0.1) is 0 Å². The minimum Gasteiger partial charge on any atom is -0.495 e. The second kappa shape index (κ2) is 14.7. The number of carbonyl (C=O) groups excluding carboxylic acids is 2. The Bertz CT molecular complexity index is 1560. The Labute approximate surface area is 251 Å². The molecule has 0 saturated heterocycles. The van der Waals surface area contributed by atoms with Crippen molar-refractivity contribution in [3.63, 3.8) is 0 Å². The Hall–Kier alpha value is -5.33. The number of nitrogens with one attached hydrogen (secondary N) is 3. The van der Waals surface area contributed by atoms with Crippen molar-refractivity contribution < 1.29 is 37.0 Å². The van der Waals surface area contributed by atoms with Crippen molar-refractivity contribution in [1.82, 2.24) is 15.3 Å². The predicted molar refractivity (Wildman–Crippen MR) is 156 cm³/mol. The molecule has 0 unspecified atom stereocenters. The van der Waals surface area contributed by atoms with Gasteiger partial charge in [0.05, 0.1) is 12.8 Å². The third-order valence-corrected chi connectivity index (χ3v) is 6.30. The zero-order valence-electron chi connectivity index (χ0n) is 23.9. The molecular weight excluding hydrogens is 579 g/mol. The van der Waals surface area contributed by atoms with Crippen LogP contribution in [-0.4, -0.2) is 42.2 Å². The summed E-state index contributed by atoms with van der Waals surface area (Å²) in [7, 11) is 2.73. The Balaban J connectivity index is 1.49. The fraction of sp³-hybridized carbons (Fsp3) is 0.226. The monoisotopic (exact) mass is 609 g/mol. The second-order valence-corrected chi connectivity index (χ2v) is 9.42. The summed E-state index contributed by atoms with van der Waals surface area (Å²) >= 11 is 0. The molecule has 4 aromatic rings. The van der Waals surface area contributed by atoms with Gasteiger partial charge in [0.15, 0.2) is 0 Å². The van der Waals surface area contributed by atoms with Crippen LogP contribution in [0.4, 0.5) is 35.4 Å². The summed E-state index contributed by atoms with van der Waals surface area (Å²) in [6.45, 7) is 0.0127. The van der Waals surface area contributed by atoms with Crippen LogP contribution in [0.15, 0.2) is 85.1 Å². The largest absolute Gasteiger partial charge is 0.495 e. The first-order valence-electron chi connectivity index (χ1n) is 13.4. The van der Waals surface area contributed by atoms with Crippen molar-refractivity contribution in [2.75, 3.05) is 24.8 Å². The number of benzene rings is 3. The number of alkyl carbamates (subject to hydrolysis) is 1. The van der Waals surface area contributed by atoms with E-state index in [-0.39, 0.29) is 25.6 Å². The maximum Gasteiger partial charge on any atom is 0.421 e. The van der Waals surface area contributed by atoms with Crippen molar-refractivity contribution in [3.8, 4) is 5.75 Å². The fourth-order valence-electron chi connectivity index (χ4n) is 4.09. The lowest BCUT2D eigenvalue weighted by Gasteiger charge is -2.19. The molecule has 0 aliphatic heterocycles. The number of alkyl halides is 3. The van der Waals surface area contributed by atoms with Crippen molar-refractivity contribution >= 4 is 29.5 Å². The molecule has 44 heavy (non-hydrogen) atoms. The van der Waals surface area contributed by atoms with Gasteiger partial charge >= 0.3 is 18.2 Å². The molecule has 4 rings (SSSR count). The van der Waals surface area contributed by atoms with Gasteiger partial charge in [0.25, 0.3) is 0 Å². The molecule has 0 saturated carbocycles. The van der Waals surface area contributed by atoms with Crippen LogP contribution in [0.2, 0.25) is 0 Å². The number of hydrogen-bond acceptors (Lipinski definition) is 9. The first-order valence-corrected chi connectivity index (χ1v) is 13.4. The molecule has 230 valence electrons. The minimum absolute atomic E-state index is 0.00479. The maximum atomic E-state index is 13.2. The Morgan fingerprint density at radius 2 is 1.52 bits per heavy atom. The zero-order chi connectivity index (χ0) is 31.5. The smallest absolute Gasteiger partial charge is 0.421 e. The summed E-state index contributed by atoms with van der Waals surface area (Å²) in [6.07, 6.45) is -4.74. The molecule has 0 spiro atoms. The molecular formula is C31H30F3N5O5. The highest BCUT2D eigenvalue weighted by Gasteiger charge is 2.35. The van der Waals surface area contributed by atoms with E-state index in [9.17, 15) is 22.8 Å². The average Bonchev–Trinajstić information content (AvgIpc) is 3.03. The summed E-state index contributed by atoms with van der Waals surface area (Å²) in [5.41, 5.74) is 1.49. The van der Waals surface area contributed by atoms with Gasteiger partial charge in [-0.15, -0.1) is 0 Å². The fourth-order valence-corrected chi connectivity index (χ4v) is 4.09. The molecule has 3 aromatic carbocycles. The molecule has 3 N–H and O–H groups in total. The van der Waals surface area contributed by atoms with Gasteiger partial charge in [-0.05, 0) is 28.8 Å². The number of halogens is 3. The number of methoxy groups -OCH3 is 1. The molecule has 0 bridgehead atoms.